The van der Waals surface area contributed by atoms with E-state index < -0.39 is 5.97 Å². The first-order valence-corrected chi connectivity index (χ1v) is 6.72. The van der Waals surface area contributed by atoms with Crippen molar-refractivity contribution in [1.29, 1.82) is 5.26 Å². The molecule has 1 atom stereocenters. The molecule has 0 bridgehead atoms. The molecular formula is C15H19N3O3. The minimum atomic E-state index is -0.920. The number of carboxylic acids is 1. The highest BCUT2D eigenvalue weighted by molar-refractivity contribution is 5.89. The van der Waals surface area contributed by atoms with Crippen LogP contribution in [0.15, 0.2) is 24.3 Å². The van der Waals surface area contributed by atoms with Gasteiger partial charge in [-0.2, -0.15) is 5.26 Å². The first-order chi connectivity index (χ1) is 9.96. The molecule has 0 saturated heterocycles. The van der Waals surface area contributed by atoms with E-state index in [0.29, 0.717) is 24.3 Å². The Morgan fingerprint density at radius 3 is 2.76 bits per heavy atom. The Morgan fingerprint density at radius 2 is 2.19 bits per heavy atom. The van der Waals surface area contributed by atoms with Crippen LogP contribution in [0.3, 0.4) is 0 Å². The number of hydrogen-bond acceptors (Lipinski definition) is 3. The van der Waals surface area contributed by atoms with Crippen molar-refractivity contribution in [3.05, 3.63) is 29.8 Å². The van der Waals surface area contributed by atoms with Crippen molar-refractivity contribution in [2.24, 2.45) is 5.92 Å². The molecule has 0 aliphatic carbocycles. The molecule has 112 valence electrons. The summed E-state index contributed by atoms with van der Waals surface area (Å²) in [5, 5.41) is 20.3. The van der Waals surface area contributed by atoms with Gasteiger partial charge in [0.2, 0.25) is 0 Å². The maximum atomic E-state index is 12.1. The van der Waals surface area contributed by atoms with Crippen molar-refractivity contribution in [2.75, 3.05) is 18.4 Å². The number of urea groups is 1. The molecule has 21 heavy (non-hydrogen) atoms. The topological polar surface area (TPSA) is 93.4 Å². The van der Waals surface area contributed by atoms with Crippen molar-refractivity contribution < 1.29 is 14.7 Å². The Hall–Kier alpha value is -2.55. The quantitative estimate of drug-likeness (QED) is 0.840. The van der Waals surface area contributed by atoms with Gasteiger partial charge in [-0.15, -0.1) is 0 Å². The van der Waals surface area contributed by atoms with Gasteiger partial charge < -0.3 is 15.3 Å². The molecule has 6 heteroatoms. The molecule has 1 rings (SSSR count). The van der Waals surface area contributed by atoms with Gasteiger partial charge in [0.1, 0.15) is 0 Å². The number of carboxylic acid groups (broad SMARTS) is 1. The van der Waals surface area contributed by atoms with Crippen LogP contribution in [0.2, 0.25) is 0 Å². The lowest BCUT2D eigenvalue weighted by Gasteiger charge is -2.22. The monoisotopic (exact) mass is 289 g/mol. The third-order valence-corrected chi connectivity index (χ3v) is 2.92. The van der Waals surface area contributed by atoms with Crippen molar-refractivity contribution in [3.63, 3.8) is 0 Å². The fourth-order valence-electron chi connectivity index (χ4n) is 1.86. The lowest BCUT2D eigenvalue weighted by molar-refractivity contribution is -0.136. The molecule has 0 fully saturated rings. The summed E-state index contributed by atoms with van der Waals surface area (Å²) in [6, 6.07) is 8.52. The number of rotatable bonds is 6. The summed E-state index contributed by atoms with van der Waals surface area (Å²) in [6.45, 7) is 4.44. The fraction of sp³-hybridized carbons (Fsp3) is 0.400. The Bertz CT molecular complexity index is 551. The lowest BCUT2D eigenvalue weighted by Crippen LogP contribution is -2.37. The second-order valence-corrected chi connectivity index (χ2v) is 4.77. The van der Waals surface area contributed by atoms with Crippen molar-refractivity contribution in [1.82, 2.24) is 4.90 Å². The molecule has 2 N–H and O–H groups in total. The Labute approximate surface area is 124 Å². The average Bonchev–Trinajstić information content (AvgIpc) is 2.43. The molecule has 0 aliphatic heterocycles. The predicted octanol–water partition coefficient (Wildman–Crippen LogP) is 2.33. The first-order valence-electron chi connectivity index (χ1n) is 6.72. The highest BCUT2D eigenvalue weighted by Crippen LogP contribution is 2.12. The van der Waals surface area contributed by atoms with Gasteiger partial charge in [-0.1, -0.05) is 12.1 Å². The van der Waals surface area contributed by atoms with Crippen molar-refractivity contribution >= 4 is 17.7 Å². The number of benzene rings is 1. The summed E-state index contributed by atoms with van der Waals surface area (Å²) >= 11 is 0. The van der Waals surface area contributed by atoms with Crippen LogP contribution in [0.4, 0.5) is 10.5 Å². The molecule has 0 aliphatic rings. The third-order valence-electron chi connectivity index (χ3n) is 2.92. The van der Waals surface area contributed by atoms with Gasteiger partial charge in [0, 0.05) is 18.8 Å². The van der Waals surface area contributed by atoms with E-state index in [1.165, 1.54) is 4.90 Å². The summed E-state index contributed by atoms with van der Waals surface area (Å²) in [5.74, 6) is -1.16. The van der Waals surface area contributed by atoms with E-state index in [4.69, 9.17) is 10.4 Å². The number of nitriles is 1. The van der Waals surface area contributed by atoms with Crippen molar-refractivity contribution in [3.8, 4) is 6.07 Å². The Morgan fingerprint density at radius 1 is 1.48 bits per heavy atom. The lowest BCUT2D eigenvalue weighted by atomic mass is 10.1. The third kappa shape index (κ3) is 5.53. The van der Waals surface area contributed by atoms with Gasteiger partial charge in [0.05, 0.1) is 18.4 Å². The van der Waals surface area contributed by atoms with Gasteiger partial charge in [0.15, 0.2) is 0 Å². The molecule has 0 spiro atoms. The largest absolute Gasteiger partial charge is 0.481 e. The minimum absolute atomic E-state index is 0.0906. The van der Waals surface area contributed by atoms with Crippen LogP contribution in [-0.4, -0.2) is 35.1 Å². The minimum Gasteiger partial charge on any atom is -0.481 e. The number of carbonyl (C=O) groups is 2. The Kier molecular flexibility index (Phi) is 6.21. The fourth-order valence-corrected chi connectivity index (χ4v) is 1.86. The SMILES string of the molecule is CCN(CC(C)C#N)C(=O)Nc1cccc(CC(=O)O)c1. The number of nitrogens with one attached hydrogen (secondary N) is 1. The zero-order chi connectivity index (χ0) is 15.8. The van der Waals surface area contributed by atoms with Gasteiger partial charge in [-0.3, -0.25) is 4.79 Å². The molecular weight excluding hydrogens is 270 g/mol. The van der Waals surface area contributed by atoms with E-state index in [1.54, 1.807) is 31.2 Å². The second kappa shape index (κ2) is 7.90. The van der Waals surface area contributed by atoms with Crippen LogP contribution < -0.4 is 5.32 Å². The molecule has 1 aromatic rings. The molecule has 0 heterocycles. The van der Waals surface area contributed by atoms with Crippen LogP contribution in [0.5, 0.6) is 0 Å². The highest BCUT2D eigenvalue weighted by Gasteiger charge is 2.15. The van der Waals surface area contributed by atoms with E-state index in [2.05, 4.69) is 11.4 Å². The standard InChI is InChI=1S/C15H19N3O3/c1-3-18(10-11(2)9-16)15(21)17-13-6-4-5-12(7-13)8-14(19)20/h4-7,11H,3,8,10H2,1-2H3,(H,17,21)(H,19,20). The molecule has 0 aromatic heterocycles. The maximum Gasteiger partial charge on any atom is 0.321 e. The number of aliphatic carboxylic acids is 1. The van der Waals surface area contributed by atoms with Crippen LogP contribution in [0.1, 0.15) is 19.4 Å². The maximum absolute atomic E-state index is 12.1. The van der Waals surface area contributed by atoms with Crippen LogP contribution in [-0.2, 0) is 11.2 Å². The van der Waals surface area contributed by atoms with Gasteiger partial charge in [0.25, 0.3) is 0 Å². The predicted molar refractivity (Wildman–Crippen MR) is 78.8 cm³/mol. The Balaban J connectivity index is 2.73. The summed E-state index contributed by atoms with van der Waals surface area (Å²) < 4.78 is 0. The molecule has 0 radical (unpaired) electrons. The molecule has 6 nitrogen and oxygen atoms in total. The van der Waals surface area contributed by atoms with Crippen LogP contribution in [0, 0.1) is 17.2 Å². The summed E-state index contributed by atoms with van der Waals surface area (Å²) in [6.07, 6.45) is -0.0906. The van der Waals surface area contributed by atoms with Crippen LogP contribution in [0.25, 0.3) is 0 Å². The highest BCUT2D eigenvalue weighted by atomic mass is 16.4. The number of anilines is 1. The van der Waals surface area contributed by atoms with E-state index in [0.717, 1.165) is 0 Å². The van der Waals surface area contributed by atoms with E-state index in [9.17, 15) is 9.59 Å². The molecule has 1 unspecified atom stereocenters. The van der Waals surface area contributed by atoms with Crippen molar-refractivity contribution in [2.45, 2.75) is 20.3 Å². The normalized spacial score (nSPS) is 11.3. The van der Waals surface area contributed by atoms with E-state index >= 15 is 0 Å². The zero-order valence-corrected chi connectivity index (χ0v) is 12.2. The number of hydrogen-bond donors (Lipinski definition) is 2. The number of carbonyl (C=O) groups excluding carboxylic acids is 1. The van der Waals surface area contributed by atoms with Gasteiger partial charge in [-0.25, -0.2) is 4.79 Å². The zero-order valence-electron chi connectivity index (χ0n) is 12.2. The average molecular weight is 289 g/mol. The number of nitrogens with zero attached hydrogens (tertiary/aromatic N) is 2. The van der Waals surface area contributed by atoms with Crippen LogP contribution >= 0.6 is 0 Å². The van der Waals surface area contributed by atoms with Gasteiger partial charge in [-0.05, 0) is 31.5 Å². The molecule has 0 saturated carbocycles. The first kappa shape index (κ1) is 16.5. The number of amides is 2. The summed E-state index contributed by atoms with van der Waals surface area (Å²) in [4.78, 5) is 24.3. The van der Waals surface area contributed by atoms with E-state index in [-0.39, 0.29) is 18.4 Å². The summed E-state index contributed by atoms with van der Waals surface area (Å²) in [7, 11) is 0. The second-order valence-electron chi connectivity index (χ2n) is 4.77. The summed E-state index contributed by atoms with van der Waals surface area (Å²) in [5.41, 5.74) is 1.16. The van der Waals surface area contributed by atoms with Gasteiger partial charge >= 0.3 is 12.0 Å². The van der Waals surface area contributed by atoms with E-state index in [1.807, 2.05) is 6.92 Å². The smallest absolute Gasteiger partial charge is 0.321 e. The molecule has 2 amide bonds. The molecule has 1 aromatic carbocycles.